The number of carbonyl (C=O) groups is 1. The van der Waals surface area contributed by atoms with Crippen LogP contribution >= 0.6 is 0 Å². The number of rotatable bonds is 9. The first-order valence-electron chi connectivity index (χ1n) is 5.77. The molecule has 0 N–H and O–H groups in total. The van der Waals surface area contributed by atoms with Crippen molar-refractivity contribution in [3.05, 3.63) is 12.7 Å². The van der Waals surface area contributed by atoms with E-state index < -0.39 is 11.6 Å². The predicted molar refractivity (Wildman–Crippen MR) is 64.5 cm³/mol. The van der Waals surface area contributed by atoms with Crippen molar-refractivity contribution in [2.45, 2.75) is 51.7 Å². The SMILES string of the molecule is C=CCC(C)(C)OCCC(C)(C)OCC(=O)[O-].[Na+]. The molecule has 0 atom stereocenters. The second kappa shape index (κ2) is 9.10. The van der Waals surface area contributed by atoms with Crippen LogP contribution in [0.15, 0.2) is 12.7 Å². The first-order valence-corrected chi connectivity index (χ1v) is 5.77. The van der Waals surface area contributed by atoms with E-state index in [0.29, 0.717) is 13.0 Å². The minimum atomic E-state index is -1.20. The van der Waals surface area contributed by atoms with Gasteiger partial charge in [-0.1, -0.05) is 6.08 Å². The molecule has 0 aliphatic heterocycles. The van der Waals surface area contributed by atoms with Gasteiger partial charge in [-0.15, -0.1) is 6.58 Å². The monoisotopic (exact) mass is 266 g/mol. The van der Waals surface area contributed by atoms with Crippen molar-refractivity contribution < 1.29 is 48.9 Å². The van der Waals surface area contributed by atoms with Gasteiger partial charge in [-0.25, -0.2) is 0 Å². The van der Waals surface area contributed by atoms with E-state index in [1.165, 1.54) is 0 Å². The van der Waals surface area contributed by atoms with Gasteiger partial charge in [0, 0.05) is 0 Å². The summed E-state index contributed by atoms with van der Waals surface area (Å²) in [5, 5.41) is 10.3. The van der Waals surface area contributed by atoms with Gasteiger partial charge in [0.05, 0.1) is 30.4 Å². The van der Waals surface area contributed by atoms with Crippen LogP contribution in [0.2, 0.25) is 0 Å². The summed E-state index contributed by atoms with van der Waals surface area (Å²) in [5.41, 5.74) is -0.767. The van der Waals surface area contributed by atoms with Crippen molar-refractivity contribution >= 4 is 5.97 Å². The van der Waals surface area contributed by atoms with Crippen LogP contribution in [0.5, 0.6) is 0 Å². The van der Waals surface area contributed by atoms with E-state index in [0.717, 1.165) is 6.42 Å². The van der Waals surface area contributed by atoms with Crippen LogP contribution in [0.4, 0.5) is 0 Å². The van der Waals surface area contributed by atoms with Crippen LogP contribution in [-0.4, -0.2) is 30.4 Å². The number of aliphatic carboxylic acids is 1. The van der Waals surface area contributed by atoms with Gasteiger partial charge in [-0.05, 0) is 40.5 Å². The largest absolute Gasteiger partial charge is 1.00 e. The number of carboxylic acids is 1. The summed E-state index contributed by atoms with van der Waals surface area (Å²) >= 11 is 0. The molecule has 0 radical (unpaired) electrons. The Morgan fingerprint density at radius 2 is 1.78 bits per heavy atom. The fourth-order valence-electron chi connectivity index (χ4n) is 1.31. The summed E-state index contributed by atoms with van der Waals surface area (Å²) in [6.45, 7) is 11.4. The summed E-state index contributed by atoms with van der Waals surface area (Å²) in [7, 11) is 0. The van der Waals surface area contributed by atoms with Gasteiger partial charge in [0.25, 0.3) is 0 Å². The summed E-state index contributed by atoms with van der Waals surface area (Å²) in [4.78, 5) is 10.3. The second-order valence-electron chi connectivity index (χ2n) is 5.27. The van der Waals surface area contributed by atoms with Crippen LogP contribution in [0.1, 0.15) is 40.5 Å². The number of carbonyl (C=O) groups excluding carboxylic acids is 1. The molecule has 100 valence electrons. The quantitative estimate of drug-likeness (QED) is 0.369. The Hall–Kier alpha value is 0.130. The Bertz CT molecular complexity index is 262. The molecule has 0 unspecified atom stereocenters. The molecule has 0 heterocycles. The average molecular weight is 266 g/mol. The molecular weight excluding hydrogens is 243 g/mol. The summed E-state index contributed by atoms with van der Waals surface area (Å²) in [6, 6.07) is 0. The van der Waals surface area contributed by atoms with Gasteiger partial charge in [0.1, 0.15) is 0 Å². The summed E-state index contributed by atoms with van der Waals surface area (Å²) < 4.78 is 10.9. The maximum atomic E-state index is 10.3. The number of ether oxygens (including phenoxy) is 2. The van der Waals surface area contributed by atoms with Crippen molar-refractivity contribution in [2.24, 2.45) is 0 Å². The zero-order chi connectivity index (χ0) is 13.5. The van der Waals surface area contributed by atoms with Crippen LogP contribution in [-0.2, 0) is 14.3 Å². The van der Waals surface area contributed by atoms with Gasteiger partial charge in [-0.2, -0.15) is 0 Å². The number of carboxylic acid groups (broad SMARTS) is 1. The average Bonchev–Trinajstić information content (AvgIpc) is 2.14. The molecule has 0 aromatic rings. The maximum Gasteiger partial charge on any atom is 1.00 e. The summed E-state index contributed by atoms with van der Waals surface area (Å²) in [6.07, 6.45) is 3.21. The molecule has 0 aromatic carbocycles. The standard InChI is InChI=1S/C13H24O4.Na/c1-6-7-12(2,3)16-9-8-13(4,5)17-10-11(14)15;/h6H,1,7-10H2,2-5H3,(H,14,15);/q;+1/p-1. The third-order valence-corrected chi connectivity index (χ3v) is 2.41. The summed E-state index contributed by atoms with van der Waals surface area (Å²) in [5.74, 6) is -1.20. The fraction of sp³-hybridized carbons (Fsp3) is 0.769. The Kier molecular flexibility index (Phi) is 10.3. The molecule has 0 aromatic heterocycles. The molecule has 0 bridgehead atoms. The normalized spacial score (nSPS) is 11.8. The Morgan fingerprint density at radius 3 is 2.22 bits per heavy atom. The van der Waals surface area contributed by atoms with E-state index >= 15 is 0 Å². The molecule has 18 heavy (non-hydrogen) atoms. The van der Waals surface area contributed by atoms with E-state index in [-0.39, 0.29) is 41.8 Å². The molecule has 0 rings (SSSR count). The Morgan fingerprint density at radius 1 is 1.22 bits per heavy atom. The van der Waals surface area contributed by atoms with Crippen molar-refractivity contribution in [1.29, 1.82) is 0 Å². The third kappa shape index (κ3) is 11.2. The van der Waals surface area contributed by atoms with Gasteiger partial charge in [0.15, 0.2) is 0 Å². The van der Waals surface area contributed by atoms with Crippen LogP contribution in [0.3, 0.4) is 0 Å². The van der Waals surface area contributed by atoms with E-state index in [1.807, 2.05) is 33.8 Å². The van der Waals surface area contributed by atoms with Crippen LogP contribution in [0.25, 0.3) is 0 Å². The molecular formula is C13H23NaO4. The van der Waals surface area contributed by atoms with Crippen molar-refractivity contribution in [3.8, 4) is 0 Å². The topological polar surface area (TPSA) is 58.6 Å². The van der Waals surface area contributed by atoms with Crippen molar-refractivity contribution in [1.82, 2.24) is 0 Å². The molecule has 0 spiro atoms. The minimum absolute atomic E-state index is 0. The molecule has 0 aliphatic carbocycles. The maximum absolute atomic E-state index is 10.3. The molecule has 0 amide bonds. The first-order chi connectivity index (χ1) is 7.68. The molecule has 5 heteroatoms. The smallest absolute Gasteiger partial charge is 0.548 e. The molecule has 0 saturated heterocycles. The van der Waals surface area contributed by atoms with E-state index in [1.54, 1.807) is 0 Å². The van der Waals surface area contributed by atoms with Crippen LogP contribution < -0.4 is 34.7 Å². The van der Waals surface area contributed by atoms with E-state index in [2.05, 4.69) is 6.58 Å². The second-order valence-corrected chi connectivity index (χ2v) is 5.27. The van der Waals surface area contributed by atoms with Crippen LogP contribution in [0, 0.1) is 0 Å². The number of hydrogen-bond acceptors (Lipinski definition) is 4. The molecule has 4 nitrogen and oxygen atoms in total. The zero-order valence-corrected chi connectivity index (χ0v) is 14.2. The van der Waals surface area contributed by atoms with Crippen molar-refractivity contribution in [3.63, 3.8) is 0 Å². The van der Waals surface area contributed by atoms with Gasteiger partial charge in [-0.3, -0.25) is 0 Å². The Balaban J connectivity index is 0. The third-order valence-electron chi connectivity index (χ3n) is 2.41. The Labute approximate surface area is 132 Å². The van der Waals surface area contributed by atoms with E-state index in [9.17, 15) is 9.90 Å². The van der Waals surface area contributed by atoms with Gasteiger partial charge >= 0.3 is 29.6 Å². The van der Waals surface area contributed by atoms with Gasteiger partial charge < -0.3 is 19.4 Å². The molecule has 0 saturated carbocycles. The zero-order valence-electron chi connectivity index (χ0n) is 12.2. The molecule has 0 aliphatic rings. The predicted octanol–water partition coefficient (Wildman–Crippen LogP) is -1.70. The number of hydrogen-bond donors (Lipinski definition) is 0. The van der Waals surface area contributed by atoms with Crippen molar-refractivity contribution in [2.75, 3.05) is 13.2 Å². The fourth-order valence-corrected chi connectivity index (χ4v) is 1.31. The van der Waals surface area contributed by atoms with E-state index in [4.69, 9.17) is 9.47 Å². The first kappa shape index (κ1) is 20.4. The van der Waals surface area contributed by atoms with Gasteiger partial charge in [0.2, 0.25) is 0 Å². The molecule has 0 fully saturated rings. The minimum Gasteiger partial charge on any atom is -0.548 e.